The van der Waals surface area contributed by atoms with Crippen molar-refractivity contribution in [1.82, 2.24) is 29.9 Å². The van der Waals surface area contributed by atoms with Crippen LogP contribution < -0.4 is 0 Å². The molecule has 6 nitrogen and oxygen atoms in total. The molecule has 0 bridgehead atoms. The second kappa shape index (κ2) is 10.6. The maximum atomic E-state index is 4.92. The van der Waals surface area contributed by atoms with Crippen molar-refractivity contribution in [2.24, 2.45) is 0 Å². The first-order chi connectivity index (χ1) is 20.7. The third-order valence-corrected chi connectivity index (χ3v) is 7.22. The highest BCUT2D eigenvalue weighted by atomic mass is 14.8. The Hall–Kier alpha value is -5.88. The molecule has 0 saturated carbocycles. The smallest absolute Gasteiger partial charge is 0.116 e. The number of rotatable bonds is 6. The summed E-state index contributed by atoms with van der Waals surface area (Å²) in [4.78, 5) is 28.0. The Labute approximate surface area is 242 Å². The molecule has 0 aliphatic heterocycles. The summed E-state index contributed by atoms with van der Waals surface area (Å²) in [6, 6.07) is 30.7. The summed E-state index contributed by atoms with van der Waals surface area (Å²) in [5.74, 6) is 0. The molecule has 0 fully saturated rings. The number of hydrogen-bond donors (Lipinski definition) is 0. The van der Waals surface area contributed by atoms with Crippen molar-refractivity contribution in [3.8, 4) is 44.9 Å². The van der Waals surface area contributed by atoms with Crippen LogP contribution in [0.15, 0.2) is 123 Å². The minimum absolute atomic E-state index is 0.682. The molecule has 0 aliphatic carbocycles. The summed E-state index contributed by atoms with van der Waals surface area (Å²) in [7, 11) is 0. The van der Waals surface area contributed by atoms with Crippen LogP contribution in [-0.4, -0.2) is 29.9 Å². The lowest BCUT2D eigenvalue weighted by atomic mass is 9.95. The third-order valence-electron chi connectivity index (χ3n) is 7.22. The summed E-state index contributed by atoms with van der Waals surface area (Å²) in [6.07, 6.45) is 8.58. The molecule has 198 valence electrons. The van der Waals surface area contributed by atoms with E-state index in [9.17, 15) is 0 Å². The highest BCUT2D eigenvalue weighted by Gasteiger charge is 2.13. The molecule has 4 aromatic carbocycles. The van der Waals surface area contributed by atoms with Crippen molar-refractivity contribution in [1.29, 1.82) is 0 Å². The molecule has 0 atom stereocenters. The van der Waals surface area contributed by atoms with E-state index in [1.807, 2.05) is 48.7 Å². The van der Waals surface area contributed by atoms with E-state index < -0.39 is 0 Å². The van der Waals surface area contributed by atoms with Gasteiger partial charge >= 0.3 is 0 Å². The Morgan fingerprint density at radius 2 is 1.10 bits per heavy atom. The standard InChI is InChI=1S/C36H24N6/c1-3-29-30(4-2)41-34(20-37-29)26-17-25(18-27(19-26)35-21-38-32-11-7-8-12-33(32)42-35)23-13-15-24(16-14-23)36-28-9-5-6-10-31(28)39-22-40-36/h3-22H,1-2H2. The maximum Gasteiger partial charge on any atom is 0.116 e. The molecular formula is C36H24N6. The van der Waals surface area contributed by atoms with Crippen LogP contribution in [-0.2, 0) is 0 Å². The van der Waals surface area contributed by atoms with E-state index in [2.05, 4.69) is 81.6 Å². The number of nitrogens with zero attached hydrogens (tertiary/aromatic N) is 6. The van der Waals surface area contributed by atoms with Gasteiger partial charge in [0, 0.05) is 22.1 Å². The molecule has 7 rings (SSSR count). The monoisotopic (exact) mass is 540 g/mol. The zero-order chi connectivity index (χ0) is 28.5. The number of hydrogen-bond acceptors (Lipinski definition) is 6. The lowest BCUT2D eigenvalue weighted by Gasteiger charge is -2.12. The van der Waals surface area contributed by atoms with Crippen LogP contribution in [0.4, 0.5) is 0 Å². The molecule has 0 amide bonds. The van der Waals surface area contributed by atoms with E-state index in [1.165, 1.54) is 0 Å². The molecule has 3 aromatic heterocycles. The number of fused-ring (bicyclic) bond motifs is 2. The van der Waals surface area contributed by atoms with Crippen LogP contribution in [0, 0.1) is 0 Å². The molecule has 0 radical (unpaired) electrons. The molecule has 0 saturated heterocycles. The van der Waals surface area contributed by atoms with E-state index in [1.54, 1.807) is 24.7 Å². The van der Waals surface area contributed by atoms with E-state index in [4.69, 9.17) is 9.97 Å². The highest BCUT2D eigenvalue weighted by Crippen LogP contribution is 2.34. The van der Waals surface area contributed by atoms with Crippen LogP contribution in [0.2, 0.25) is 0 Å². The van der Waals surface area contributed by atoms with Crippen LogP contribution in [0.5, 0.6) is 0 Å². The van der Waals surface area contributed by atoms with Gasteiger partial charge < -0.3 is 0 Å². The lowest BCUT2D eigenvalue weighted by Crippen LogP contribution is -1.96. The quantitative estimate of drug-likeness (QED) is 0.211. The molecule has 0 N–H and O–H groups in total. The van der Waals surface area contributed by atoms with Gasteiger partial charge in [0.25, 0.3) is 0 Å². The fraction of sp³-hybridized carbons (Fsp3) is 0. The molecule has 42 heavy (non-hydrogen) atoms. The molecule has 0 unspecified atom stereocenters. The van der Waals surface area contributed by atoms with Gasteiger partial charge in [0.15, 0.2) is 0 Å². The Balaban J connectivity index is 1.36. The summed E-state index contributed by atoms with van der Waals surface area (Å²) in [5, 5.41) is 1.02. The van der Waals surface area contributed by atoms with Crippen LogP contribution >= 0.6 is 0 Å². The van der Waals surface area contributed by atoms with Crippen molar-refractivity contribution >= 4 is 34.1 Å². The zero-order valence-electron chi connectivity index (χ0n) is 22.6. The van der Waals surface area contributed by atoms with Gasteiger partial charge in [-0.2, -0.15) is 0 Å². The van der Waals surface area contributed by atoms with E-state index in [-0.39, 0.29) is 0 Å². The second-order valence-corrected chi connectivity index (χ2v) is 9.79. The van der Waals surface area contributed by atoms with Crippen LogP contribution in [0.1, 0.15) is 11.4 Å². The van der Waals surface area contributed by atoms with Crippen molar-refractivity contribution < 1.29 is 0 Å². The van der Waals surface area contributed by atoms with Gasteiger partial charge in [0.1, 0.15) is 6.33 Å². The molecule has 0 spiro atoms. The minimum Gasteiger partial charge on any atom is -0.252 e. The van der Waals surface area contributed by atoms with Crippen molar-refractivity contribution in [2.75, 3.05) is 0 Å². The number of para-hydroxylation sites is 3. The summed E-state index contributed by atoms with van der Waals surface area (Å²) < 4.78 is 0. The summed E-state index contributed by atoms with van der Waals surface area (Å²) in [6.45, 7) is 7.75. The lowest BCUT2D eigenvalue weighted by molar-refractivity contribution is 1.16. The van der Waals surface area contributed by atoms with E-state index >= 15 is 0 Å². The van der Waals surface area contributed by atoms with Gasteiger partial charge in [-0.15, -0.1) is 0 Å². The first-order valence-electron chi connectivity index (χ1n) is 13.5. The molecule has 0 aliphatic rings. The molecule has 7 aromatic rings. The normalized spacial score (nSPS) is 11.0. The fourth-order valence-corrected chi connectivity index (χ4v) is 5.10. The van der Waals surface area contributed by atoms with E-state index in [0.29, 0.717) is 11.4 Å². The Kier molecular flexibility index (Phi) is 6.33. The van der Waals surface area contributed by atoms with Gasteiger partial charge in [-0.25, -0.2) is 19.9 Å². The minimum atomic E-state index is 0.682. The Morgan fingerprint density at radius 3 is 1.86 bits per heavy atom. The average molecular weight is 541 g/mol. The summed E-state index contributed by atoms with van der Waals surface area (Å²) >= 11 is 0. The Morgan fingerprint density at radius 1 is 0.476 bits per heavy atom. The van der Waals surface area contributed by atoms with Crippen molar-refractivity contribution in [3.63, 3.8) is 0 Å². The molecule has 3 heterocycles. The SMILES string of the molecule is C=Cc1ncc(-c2cc(-c3ccc(-c4ncnc5ccccc45)cc3)cc(-c3cnc4ccccc4n3)c2)nc1C=C. The molecule has 6 heteroatoms. The maximum absolute atomic E-state index is 4.92. The van der Waals surface area contributed by atoms with Crippen LogP contribution in [0.25, 0.3) is 79.0 Å². The largest absolute Gasteiger partial charge is 0.252 e. The second-order valence-electron chi connectivity index (χ2n) is 9.79. The van der Waals surface area contributed by atoms with Crippen molar-refractivity contribution in [2.45, 2.75) is 0 Å². The predicted octanol–water partition coefficient (Wildman–Crippen LogP) is 8.32. The fourth-order valence-electron chi connectivity index (χ4n) is 5.10. The average Bonchev–Trinajstić information content (AvgIpc) is 3.07. The Bertz CT molecular complexity index is 2130. The number of aromatic nitrogens is 6. The predicted molar refractivity (Wildman–Crippen MR) is 170 cm³/mol. The molecular weight excluding hydrogens is 516 g/mol. The highest BCUT2D eigenvalue weighted by molar-refractivity contribution is 5.92. The van der Waals surface area contributed by atoms with Gasteiger partial charge in [0.2, 0.25) is 0 Å². The first-order valence-corrected chi connectivity index (χ1v) is 13.5. The van der Waals surface area contributed by atoms with Gasteiger partial charge in [-0.3, -0.25) is 9.97 Å². The first kappa shape index (κ1) is 25.1. The third kappa shape index (κ3) is 4.61. The van der Waals surface area contributed by atoms with Gasteiger partial charge in [-0.05, 0) is 59.7 Å². The number of benzene rings is 4. The summed E-state index contributed by atoms with van der Waals surface area (Å²) in [5.41, 5.74) is 11.3. The van der Waals surface area contributed by atoms with Gasteiger partial charge in [0.05, 0.1) is 57.4 Å². The van der Waals surface area contributed by atoms with Crippen LogP contribution in [0.3, 0.4) is 0 Å². The topological polar surface area (TPSA) is 77.3 Å². The van der Waals surface area contributed by atoms with E-state index in [0.717, 1.165) is 66.8 Å². The zero-order valence-corrected chi connectivity index (χ0v) is 22.6. The van der Waals surface area contributed by atoms with Crippen molar-refractivity contribution in [3.05, 3.63) is 134 Å². The van der Waals surface area contributed by atoms with Gasteiger partial charge in [-0.1, -0.05) is 67.8 Å².